The number of anilines is 1. The summed E-state index contributed by atoms with van der Waals surface area (Å²) in [5.74, 6) is 1.14. The normalized spacial score (nSPS) is 10.1. The molecule has 5 heteroatoms. The van der Waals surface area contributed by atoms with Gasteiger partial charge in [-0.1, -0.05) is 29.8 Å². The zero-order valence-electron chi connectivity index (χ0n) is 12.6. The second-order valence-electron chi connectivity index (χ2n) is 4.71. The number of aryl methyl sites for hydroxylation is 1. The number of carbonyl (C=O) groups is 1. The Labute approximate surface area is 135 Å². The molecule has 1 amide bonds. The van der Waals surface area contributed by atoms with E-state index in [1.807, 2.05) is 24.3 Å². The van der Waals surface area contributed by atoms with E-state index in [9.17, 15) is 4.79 Å². The van der Waals surface area contributed by atoms with Gasteiger partial charge in [-0.25, -0.2) is 0 Å². The number of rotatable bonds is 6. The molecule has 2 aromatic rings. The fourth-order valence-electron chi connectivity index (χ4n) is 2.07. The predicted molar refractivity (Wildman–Crippen MR) is 87.9 cm³/mol. The smallest absolute Gasteiger partial charge is 0.224 e. The summed E-state index contributed by atoms with van der Waals surface area (Å²) in [5.41, 5.74) is 1.54. The third kappa shape index (κ3) is 4.15. The fraction of sp³-hybridized carbons (Fsp3) is 0.235. The lowest BCUT2D eigenvalue weighted by Gasteiger charge is -2.12. The van der Waals surface area contributed by atoms with Gasteiger partial charge in [0.15, 0.2) is 0 Å². The molecule has 0 heterocycles. The summed E-state index contributed by atoms with van der Waals surface area (Å²) in [6.07, 6.45) is 0.919. The van der Waals surface area contributed by atoms with Crippen molar-refractivity contribution in [1.82, 2.24) is 0 Å². The van der Waals surface area contributed by atoms with Gasteiger partial charge in [-0.2, -0.15) is 0 Å². The topological polar surface area (TPSA) is 47.6 Å². The maximum atomic E-state index is 12.1. The Morgan fingerprint density at radius 2 is 1.91 bits per heavy atom. The first-order chi connectivity index (χ1) is 10.6. The summed E-state index contributed by atoms with van der Waals surface area (Å²) in [5, 5.41) is 3.51. The molecule has 0 aliphatic carbocycles. The van der Waals surface area contributed by atoms with Crippen LogP contribution >= 0.6 is 11.6 Å². The van der Waals surface area contributed by atoms with Gasteiger partial charge in [0.2, 0.25) is 5.91 Å². The monoisotopic (exact) mass is 319 g/mol. The number of methoxy groups -OCH3 is 2. The lowest BCUT2D eigenvalue weighted by atomic mass is 10.1. The molecule has 0 fully saturated rings. The first kappa shape index (κ1) is 16.2. The molecule has 0 aromatic heterocycles. The lowest BCUT2D eigenvalue weighted by Crippen LogP contribution is -2.13. The van der Waals surface area contributed by atoms with Crippen LogP contribution in [0.25, 0.3) is 0 Å². The molecule has 0 saturated carbocycles. The molecular weight excluding hydrogens is 302 g/mol. The van der Waals surface area contributed by atoms with E-state index in [1.165, 1.54) is 0 Å². The highest BCUT2D eigenvalue weighted by atomic mass is 35.5. The van der Waals surface area contributed by atoms with E-state index in [0.29, 0.717) is 35.1 Å². The van der Waals surface area contributed by atoms with E-state index in [1.54, 1.807) is 32.4 Å². The summed E-state index contributed by atoms with van der Waals surface area (Å²) < 4.78 is 10.4. The van der Waals surface area contributed by atoms with E-state index in [0.717, 1.165) is 5.56 Å². The van der Waals surface area contributed by atoms with Crippen molar-refractivity contribution in [3.8, 4) is 11.5 Å². The second-order valence-corrected chi connectivity index (χ2v) is 5.11. The van der Waals surface area contributed by atoms with Crippen LogP contribution in [-0.2, 0) is 11.2 Å². The van der Waals surface area contributed by atoms with Gasteiger partial charge < -0.3 is 14.8 Å². The molecule has 116 valence electrons. The molecule has 0 bridgehead atoms. The zero-order chi connectivity index (χ0) is 15.9. The average Bonchev–Trinajstić information content (AvgIpc) is 2.54. The highest BCUT2D eigenvalue weighted by Gasteiger charge is 2.10. The summed E-state index contributed by atoms with van der Waals surface area (Å²) in [6, 6.07) is 12.8. The maximum Gasteiger partial charge on any atom is 0.224 e. The minimum atomic E-state index is -0.105. The third-order valence-corrected chi connectivity index (χ3v) is 3.63. The Bertz CT molecular complexity index is 658. The van der Waals surface area contributed by atoms with Crippen LogP contribution in [0, 0.1) is 0 Å². The van der Waals surface area contributed by atoms with Gasteiger partial charge in [0, 0.05) is 17.5 Å². The first-order valence-corrected chi connectivity index (χ1v) is 7.27. The number of amides is 1. The number of halogens is 1. The van der Waals surface area contributed by atoms with E-state index >= 15 is 0 Å². The van der Waals surface area contributed by atoms with Crippen LogP contribution in [0.15, 0.2) is 42.5 Å². The number of hydrogen-bond acceptors (Lipinski definition) is 3. The molecule has 0 unspecified atom stereocenters. The van der Waals surface area contributed by atoms with Crippen LogP contribution in [0.3, 0.4) is 0 Å². The molecule has 2 aromatic carbocycles. The second kappa shape index (κ2) is 7.71. The molecule has 0 aliphatic heterocycles. The van der Waals surface area contributed by atoms with Crippen molar-refractivity contribution in [3.63, 3.8) is 0 Å². The molecule has 0 aliphatic rings. The van der Waals surface area contributed by atoms with Crippen molar-refractivity contribution >= 4 is 23.2 Å². The molecule has 1 N–H and O–H groups in total. The van der Waals surface area contributed by atoms with Crippen molar-refractivity contribution in [2.75, 3.05) is 19.5 Å². The van der Waals surface area contributed by atoms with Crippen LogP contribution in [0.1, 0.15) is 12.0 Å². The maximum absolute atomic E-state index is 12.1. The first-order valence-electron chi connectivity index (χ1n) is 6.89. The molecule has 0 radical (unpaired) electrons. The molecule has 0 atom stereocenters. The van der Waals surface area contributed by atoms with Crippen molar-refractivity contribution in [2.24, 2.45) is 0 Å². The highest BCUT2D eigenvalue weighted by Crippen LogP contribution is 2.29. The van der Waals surface area contributed by atoms with Crippen LogP contribution in [-0.4, -0.2) is 20.1 Å². The molecule has 22 heavy (non-hydrogen) atoms. The molecular formula is C17H18ClNO3. The fourth-order valence-corrected chi connectivity index (χ4v) is 2.30. The minimum Gasteiger partial charge on any atom is -0.497 e. The van der Waals surface area contributed by atoms with E-state index in [4.69, 9.17) is 21.1 Å². The van der Waals surface area contributed by atoms with Crippen molar-refractivity contribution < 1.29 is 14.3 Å². The zero-order valence-corrected chi connectivity index (χ0v) is 13.3. The van der Waals surface area contributed by atoms with E-state index < -0.39 is 0 Å². The average molecular weight is 320 g/mol. The minimum absolute atomic E-state index is 0.105. The van der Waals surface area contributed by atoms with Crippen molar-refractivity contribution in [1.29, 1.82) is 0 Å². The van der Waals surface area contributed by atoms with Gasteiger partial charge in [-0.05, 0) is 30.2 Å². The number of hydrogen-bond donors (Lipinski definition) is 1. The summed E-state index contributed by atoms with van der Waals surface area (Å²) >= 11 is 6.09. The largest absolute Gasteiger partial charge is 0.497 e. The third-order valence-electron chi connectivity index (χ3n) is 3.26. The van der Waals surface area contributed by atoms with Gasteiger partial charge in [0.05, 0.1) is 19.9 Å². The van der Waals surface area contributed by atoms with Gasteiger partial charge in [0.25, 0.3) is 0 Å². The van der Waals surface area contributed by atoms with Crippen molar-refractivity contribution in [3.05, 3.63) is 53.1 Å². The number of benzene rings is 2. The molecule has 0 saturated heterocycles. The molecule has 0 spiro atoms. The van der Waals surface area contributed by atoms with Crippen LogP contribution in [0.4, 0.5) is 5.69 Å². The number of carbonyl (C=O) groups excluding carboxylic acids is 1. The van der Waals surface area contributed by atoms with Gasteiger partial charge in [-0.15, -0.1) is 0 Å². The Kier molecular flexibility index (Phi) is 5.67. The quantitative estimate of drug-likeness (QED) is 0.877. The Morgan fingerprint density at radius 1 is 1.14 bits per heavy atom. The molecule has 4 nitrogen and oxygen atoms in total. The predicted octanol–water partition coefficient (Wildman–Crippen LogP) is 3.93. The highest BCUT2D eigenvalue weighted by molar-refractivity contribution is 6.31. The standard InChI is InChI=1S/C17H18ClNO3/c1-21-13-8-9-16(22-2)15(11-13)19-17(20)10-7-12-5-3-4-6-14(12)18/h3-6,8-9,11H,7,10H2,1-2H3,(H,19,20). The lowest BCUT2D eigenvalue weighted by molar-refractivity contribution is -0.116. The Morgan fingerprint density at radius 3 is 2.59 bits per heavy atom. The van der Waals surface area contributed by atoms with Crippen LogP contribution in [0.2, 0.25) is 5.02 Å². The van der Waals surface area contributed by atoms with E-state index in [2.05, 4.69) is 5.32 Å². The van der Waals surface area contributed by atoms with E-state index in [-0.39, 0.29) is 5.91 Å². The van der Waals surface area contributed by atoms with Gasteiger partial charge in [0.1, 0.15) is 11.5 Å². The van der Waals surface area contributed by atoms with Gasteiger partial charge >= 0.3 is 0 Å². The Hall–Kier alpha value is -2.20. The number of ether oxygens (including phenoxy) is 2. The van der Waals surface area contributed by atoms with Crippen LogP contribution in [0.5, 0.6) is 11.5 Å². The summed E-state index contributed by atoms with van der Waals surface area (Å²) in [4.78, 5) is 12.1. The van der Waals surface area contributed by atoms with Crippen molar-refractivity contribution in [2.45, 2.75) is 12.8 Å². The number of nitrogens with one attached hydrogen (secondary N) is 1. The summed E-state index contributed by atoms with van der Waals surface area (Å²) in [7, 11) is 3.13. The summed E-state index contributed by atoms with van der Waals surface area (Å²) in [6.45, 7) is 0. The van der Waals surface area contributed by atoms with Gasteiger partial charge in [-0.3, -0.25) is 4.79 Å². The SMILES string of the molecule is COc1ccc(OC)c(NC(=O)CCc2ccccc2Cl)c1. The molecule has 2 rings (SSSR count). The Balaban J connectivity index is 2.01. The van der Waals surface area contributed by atoms with Crippen LogP contribution < -0.4 is 14.8 Å².